The summed E-state index contributed by atoms with van der Waals surface area (Å²) < 4.78 is 15.4. The van der Waals surface area contributed by atoms with E-state index in [9.17, 15) is 9.59 Å². The van der Waals surface area contributed by atoms with Crippen molar-refractivity contribution >= 4 is 23.6 Å². The third-order valence-electron chi connectivity index (χ3n) is 3.57. The van der Waals surface area contributed by atoms with Gasteiger partial charge in [0.2, 0.25) is 5.91 Å². The second-order valence-corrected chi connectivity index (χ2v) is 5.48. The van der Waals surface area contributed by atoms with E-state index < -0.39 is 5.97 Å². The highest BCUT2D eigenvalue weighted by atomic mass is 16.5. The Morgan fingerprint density at radius 1 is 1.14 bits per heavy atom. The van der Waals surface area contributed by atoms with Crippen molar-refractivity contribution in [2.75, 3.05) is 25.6 Å². The molecule has 0 radical (unpaired) electrons. The van der Waals surface area contributed by atoms with Crippen LogP contribution >= 0.6 is 0 Å². The van der Waals surface area contributed by atoms with Gasteiger partial charge in [0, 0.05) is 11.8 Å². The summed E-state index contributed by atoms with van der Waals surface area (Å²) >= 11 is 0. The number of nitriles is 1. The molecule has 7 nitrogen and oxygen atoms in total. The predicted octanol–water partition coefficient (Wildman–Crippen LogP) is 3.43. The topological polar surface area (TPSA) is 97.6 Å². The maximum atomic E-state index is 12.1. The summed E-state index contributed by atoms with van der Waals surface area (Å²) in [7, 11) is 1.49. The van der Waals surface area contributed by atoms with Crippen LogP contribution in [0.4, 0.5) is 5.69 Å². The molecule has 0 aliphatic rings. The lowest BCUT2D eigenvalue weighted by molar-refractivity contribution is -0.111. The van der Waals surface area contributed by atoms with E-state index in [0.29, 0.717) is 29.4 Å². The number of benzene rings is 2. The van der Waals surface area contributed by atoms with Crippen LogP contribution in [-0.2, 0) is 9.53 Å². The van der Waals surface area contributed by atoms with Crippen LogP contribution in [-0.4, -0.2) is 32.2 Å². The molecule has 2 rings (SSSR count). The Hall–Kier alpha value is -3.79. The highest BCUT2D eigenvalue weighted by Gasteiger charge is 2.07. The van der Waals surface area contributed by atoms with Gasteiger partial charge < -0.3 is 19.5 Å². The Labute approximate surface area is 163 Å². The van der Waals surface area contributed by atoms with Gasteiger partial charge in [0.25, 0.3) is 0 Å². The van der Waals surface area contributed by atoms with E-state index in [4.69, 9.17) is 19.5 Å². The molecule has 1 N–H and O–H groups in total. The summed E-state index contributed by atoms with van der Waals surface area (Å²) in [4.78, 5) is 23.7. The molecule has 0 aliphatic carbocycles. The van der Waals surface area contributed by atoms with Crippen LogP contribution in [0.3, 0.4) is 0 Å². The normalized spacial score (nSPS) is 10.2. The first-order chi connectivity index (χ1) is 13.6. The van der Waals surface area contributed by atoms with Crippen molar-refractivity contribution in [2.24, 2.45) is 0 Å². The number of hydrogen-bond donors (Lipinski definition) is 1. The van der Waals surface area contributed by atoms with E-state index in [-0.39, 0.29) is 12.5 Å². The average Bonchev–Trinajstić information content (AvgIpc) is 2.71. The molecule has 0 fully saturated rings. The summed E-state index contributed by atoms with van der Waals surface area (Å²) in [5.41, 5.74) is 1.70. The van der Waals surface area contributed by atoms with Gasteiger partial charge >= 0.3 is 5.97 Å². The van der Waals surface area contributed by atoms with Crippen LogP contribution in [0.1, 0.15) is 22.8 Å². The first kappa shape index (κ1) is 20.5. The smallest absolute Gasteiger partial charge is 0.338 e. The second-order valence-electron chi connectivity index (χ2n) is 5.48. The number of amides is 1. The number of methoxy groups -OCH3 is 1. The van der Waals surface area contributed by atoms with E-state index in [2.05, 4.69) is 5.32 Å². The van der Waals surface area contributed by atoms with Crippen molar-refractivity contribution in [1.82, 2.24) is 0 Å². The molecule has 144 valence electrons. The molecule has 1 amide bonds. The Bertz CT molecular complexity index is 898. The summed E-state index contributed by atoms with van der Waals surface area (Å²) in [6, 6.07) is 13.4. The van der Waals surface area contributed by atoms with E-state index in [1.807, 2.05) is 6.07 Å². The minimum Gasteiger partial charge on any atom is -0.493 e. The summed E-state index contributed by atoms with van der Waals surface area (Å²) in [6.07, 6.45) is 3.00. The van der Waals surface area contributed by atoms with Crippen LogP contribution < -0.4 is 14.8 Å². The first-order valence-corrected chi connectivity index (χ1v) is 8.51. The van der Waals surface area contributed by atoms with E-state index in [1.54, 1.807) is 55.5 Å². The van der Waals surface area contributed by atoms with Gasteiger partial charge in [0.1, 0.15) is 6.07 Å². The predicted molar refractivity (Wildman–Crippen MR) is 104 cm³/mol. The number of nitrogens with zero attached hydrogens (tertiary/aromatic N) is 1. The molecule has 0 spiro atoms. The lowest BCUT2D eigenvalue weighted by atomic mass is 10.2. The Morgan fingerprint density at radius 2 is 1.89 bits per heavy atom. The van der Waals surface area contributed by atoms with Crippen LogP contribution in [0.15, 0.2) is 48.5 Å². The quantitative estimate of drug-likeness (QED) is 0.557. The Kier molecular flexibility index (Phi) is 7.61. The highest BCUT2D eigenvalue weighted by Crippen LogP contribution is 2.28. The number of carbonyl (C=O) groups is 2. The van der Waals surface area contributed by atoms with Crippen molar-refractivity contribution in [3.8, 4) is 17.6 Å². The number of carbonyl (C=O) groups excluding carboxylic acids is 2. The van der Waals surface area contributed by atoms with Crippen molar-refractivity contribution in [1.29, 1.82) is 5.26 Å². The average molecular weight is 380 g/mol. The van der Waals surface area contributed by atoms with Crippen molar-refractivity contribution in [3.63, 3.8) is 0 Å². The molecule has 28 heavy (non-hydrogen) atoms. The van der Waals surface area contributed by atoms with Gasteiger partial charge in [-0.15, -0.1) is 0 Å². The fourth-order valence-corrected chi connectivity index (χ4v) is 2.28. The molecule has 2 aromatic rings. The first-order valence-electron chi connectivity index (χ1n) is 8.51. The van der Waals surface area contributed by atoms with E-state index >= 15 is 0 Å². The number of esters is 1. The summed E-state index contributed by atoms with van der Waals surface area (Å²) in [6.45, 7) is 1.96. The van der Waals surface area contributed by atoms with Crippen LogP contribution in [0.2, 0.25) is 0 Å². The SMILES string of the molecule is CCOC(=O)c1ccc(NC(=O)/C=C/c2ccc(OCC#N)c(OC)c2)cc1. The largest absolute Gasteiger partial charge is 0.493 e. The van der Waals surface area contributed by atoms with Crippen molar-refractivity contribution in [2.45, 2.75) is 6.92 Å². The number of anilines is 1. The maximum Gasteiger partial charge on any atom is 0.338 e. The van der Waals surface area contributed by atoms with Crippen LogP contribution in [0, 0.1) is 11.3 Å². The molecule has 2 aromatic carbocycles. The molecule has 0 aromatic heterocycles. The zero-order valence-corrected chi connectivity index (χ0v) is 15.6. The standard InChI is InChI=1S/C21H20N2O5/c1-3-27-21(25)16-6-8-17(9-7-16)23-20(24)11-5-15-4-10-18(28-13-12-22)19(14-15)26-2/h4-11,14H,3,13H2,1-2H3,(H,23,24)/b11-5+. The zero-order valence-electron chi connectivity index (χ0n) is 15.6. The Morgan fingerprint density at radius 3 is 2.54 bits per heavy atom. The van der Waals surface area contributed by atoms with Gasteiger partial charge in [-0.3, -0.25) is 4.79 Å². The highest BCUT2D eigenvalue weighted by molar-refractivity contribution is 6.02. The van der Waals surface area contributed by atoms with Gasteiger partial charge in [0.05, 0.1) is 19.3 Å². The third-order valence-corrected chi connectivity index (χ3v) is 3.57. The van der Waals surface area contributed by atoms with Gasteiger partial charge in [-0.25, -0.2) is 4.79 Å². The molecule has 0 saturated carbocycles. The minimum absolute atomic E-state index is 0.0804. The van der Waals surface area contributed by atoms with Gasteiger partial charge in [-0.1, -0.05) is 6.07 Å². The third kappa shape index (κ3) is 5.88. The molecular formula is C21H20N2O5. The number of rotatable bonds is 8. The molecule has 0 heterocycles. The fourth-order valence-electron chi connectivity index (χ4n) is 2.28. The van der Waals surface area contributed by atoms with Gasteiger partial charge in [0.15, 0.2) is 18.1 Å². The van der Waals surface area contributed by atoms with Crippen LogP contribution in [0.5, 0.6) is 11.5 Å². The Balaban J connectivity index is 1.99. The monoisotopic (exact) mass is 380 g/mol. The van der Waals surface area contributed by atoms with Gasteiger partial charge in [-0.2, -0.15) is 5.26 Å². The molecular weight excluding hydrogens is 360 g/mol. The summed E-state index contributed by atoms with van der Waals surface area (Å²) in [5.74, 6) is 0.184. The fraction of sp³-hybridized carbons (Fsp3) is 0.190. The van der Waals surface area contributed by atoms with Crippen molar-refractivity contribution in [3.05, 3.63) is 59.7 Å². The molecule has 0 atom stereocenters. The molecule has 0 saturated heterocycles. The molecule has 7 heteroatoms. The second kappa shape index (κ2) is 10.4. The lowest BCUT2D eigenvalue weighted by Crippen LogP contribution is -2.08. The molecule has 0 bridgehead atoms. The van der Waals surface area contributed by atoms with E-state index in [0.717, 1.165) is 5.56 Å². The summed E-state index contributed by atoms with van der Waals surface area (Å²) in [5, 5.41) is 11.3. The van der Waals surface area contributed by atoms with Crippen molar-refractivity contribution < 1.29 is 23.8 Å². The van der Waals surface area contributed by atoms with E-state index in [1.165, 1.54) is 13.2 Å². The molecule has 0 aliphatic heterocycles. The minimum atomic E-state index is -0.406. The lowest BCUT2D eigenvalue weighted by Gasteiger charge is -2.08. The number of nitrogens with one attached hydrogen (secondary N) is 1. The van der Waals surface area contributed by atoms with Gasteiger partial charge in [-0.05, 0) is 55.0 Å². The number of ether oxygens (including phenoxy) is 3. The molecule has 0 unspecified atom stereocenters. The maximum absolute atomic E-state index is 12.1. The zero-order chi connectivity index (χ0) is 20.4. The number of hydrogen-bond acceptors (Lipinski definition) is 6. The van der Waals surface area contributed by atoms with Crippen LogP contribution in [0.25, 0.3) is 6.08 Å².